The SMILES string of the molecule is COCC(COCCCOP(=O)(O)OC1CCN(C(=O)CCCCOCC2OC(CO)C(O)C(O)C2C)CC1)(COCCCOP(=O)(O)OC1CCN(C(=O)CCCCOC2OC(CO)C(O)C(O)C2NC(C)=O)CC1)COCCCOP(=O)(O)OC1CCN(C(=O)CCCCOC2OC(CO)C(O)C(O)C2NC(C)=O)CC1. The molecule has 6 saturated heterocycles. The van der Waals surface area contributed by atoms with Crippen molar-refractivity contribution in [3.63, 3.8) is 0 Å². The van der Waals surface area contributed by atoms with Crippen molar-refractivity contribution >= 4 is 53.0 Å². The molecule has 5 amide bonds. The van der Waals surface area contributed by atoms with E-state index in [0.29, 0.717) is 71.1 Å². The van der Waals surface area contributed by atoms with Crippen molar-refractivity contribution in [2.75, 3.05) is 159 Å². The molecule has 6 heterocycles. The number of methoxy groups -OCH3 is 1. The number of hydrogen-bond donors (Lipinski definition) is 14. The second kappa shape index (κ2) is 50.9. The van der Waals surface area contributed by atoms with Gasteiger partial charge in [-0.15, -0.1) is 0 Å². The molecule has 113 heavy (non-hydrogen) atoms. The van der Waals surface area contributed by atoms with E-state index in [1.807, 2.05) is 0 Å². The van der Waals surface area contributed by atoms with Crippen molar-refractivity contribution in [1.29, 1.82) is 0 Å². The minimum Gasteiger partial charge on any atom is -0.394 e. The molecule has 6 fully saturated rings. The fourth-order valence-electron chi connectivity index (χ4n) is 13.8. The molecule has 44 heteroatoms. The third-order valence-electron chi connectivity index (χ3n) is 20.2. The number of aliphatic hydroxyl groups is 9. The number of aliphatic hydroxyl groups excluding tert-OH is 9. The molecule has 0 radical (unpaired) electrons. The van der Waals surface area contributed by atoms with Crippen molar-refractivity contribution in [3.05, 3.63) is 0 Å². The van der Waals surface area contributed by atoms with Crippen LogP contribution >= 0.6 is 23.5 Å². The number of phosphoric acid groups is 3. The topological polar surface area (TPSA) is 561 Å². The fourth-order valence-corrected chi connectivity index (χ4v) is 16.8. The molecule has 0 bridgehead atoms. The first-order chi connectivity index (χ1) is 53.8. The van der Waals surface area contributed by atoms with Gasteiger partial charge in [-0.05, 0) is 96.3 Å². The van der Waals surface area contributed by atoms with Crippen LogP contribution in [0.4, 0.5) is 0 Å². The molecule has 0 aromatic heterocycles. The van der Waals surface area contributed by atoms with Crippen LogP contribution in [0, 0.1) is 11.3 Å². The summed E-state index contributed by atoms with van der Waals surface area (Å²) < 4.78 is 129. The summed E-state index contributed by atoms with van der Waals surface area (Å²) in [6, 6.07) is -2.19. The van der Waals surface area contributed by atoms with E-state index in [0.717, 1.165) is 0 Å². The Kier molecular flexibility index (Phi) is 44.4. The molecular formula is C69H126N5O36P3. The highest BCUT2D eigenvalue weighted by molar-refractivity contribution is 7.48. The number of phosphoric ester groups is 3. The van der Waals surface area contributed by atoms with E-state index in [2.05, 4.69) is 10.6 Å². The Morgan fingerprint density at radius 3 is 1.06 bits per heavy atom. The summed E-state index contributed by atoms with van der Waals surface area (Å²) in [4.78, 5) is 99.5. The number of ether oxygens (including phenoxy) is 10. The Bertz CT molecular complexity index is 2800. The lowest BCUT2D eigenvalue weighted by Crippen LogP contribution is -2.64. The van der Waals surface area contributed by atoms with Gasteiger partial charge in [0, 0.05) is 125 Å². The number of nitrogens with one attached hydrogen (secondary N) is 2. The van der Waals surface area contributed by atoms with Gasteiger partial charge in [-0.2, -0.15) is 0 Å². The second-order valence-corrected chi connectivity index (χ2v) is 33.6. The molecule has 658 valence electrons. The summed E-state index contributed by atoms with van der Waals surface area (Å²) in [6.07, 6.45) is -10.8. The van der Waals surface area contributed by atoms with E-state index in [-0.39, 0.29) is 194 Å². The minimum atomic E-state index is -4.57. The largest absolute Gasteiger partial charge is 0.472 e. The number of likely N-dealkylation sites (tertiary alicyclic amines) is 3. The number of hydrogen-bond acceptors (Lipinski definition) is 33. The van der Waals surface area contributed by atoms with Crippen molar-refractivity contribution in [3.8, 4) is 0 Å². The summed E-state index contributed by atoms with van der Waals surface area (Å²) >= 11 is 0. The highest BCUT2D eigenvalue weighted by Crippen LogP contribution is 2.48. The van der Waals surface area contributed by atoms with Crippen molar-refractivity contribution in [2.24, 2.45) is 11.3 Å². The molecule has 0 aromatic carbocycles. The highest BCUT2D eigenvalue weighted by Gasteiger charge is 2.48. The van der Waals surface area contributed by atoms with Crippen LogP contribution in [0.15, 0.2) is 0 Å². The van der Waals surface area contributed by atoms with Crippen LogP contribution < -0.4 is 10.6 Å². The number of nitrogens with zero attached hydrogens (tertiary/aromatic N) is 3. The molecule has 14 N–H and O–H groups in total. The zero-order valence-corrected chi connectivity index (χ0v) is 67.9. The molecule has 0 aromatic rings. The summed E-state index contributed by atoms with van der Waals surface area (Å²) in [5, 5.41) is 95.5. The summed E-state index contributed by atoms with van der Waals surface area (Å²) in [6.45, 7) is 4.03. The number of carbonyl (C=O) groups excluding carboxylic acids is 5. The average molecular weight is 1690 g/mol. The van der Waals surface area contributed by atoms with Gasteiger partial charge in [0.25, 0.3) is 0 Å². The van der Waals surface area contributed by atoms with Crippen LogP contribution in [0.2, 0.25) is 0 Å². The van der Waals surface area contributed by atoms with Crippen LogP contribution in [0.3, 0.4) is 0 Å². The third-order valence-corrected chi connectivity index (χ3v) is 23.4. The first-order valence-corrected chi connectivity index (χ1v) is 43.6. The summed E-state index contributed by atoms with van der Waals surface area (Å²) in [5.41, 5.74) is -1.01. The predicted molar refractivity (Wildman–Crippen MR) is 392 cm³/mol. The first-order valence-electron chi connectivity index (χ1n) is 39.1. The molecular weight excluding hydrogens is 1570 g/mol. The maximum atomic E-state index is 13.1. The van der Waals surface area contributed by atoms with Gasteiger partial charge in [0.2, 0.25) is 29.5 Å². The van der Waals surface area contributed by atoms with Gasteiger partial charge in [-0.25, -0.2) is 13.7 Å². The predicted octanol–water partition coefficient (Wildman–Crippen LogP) is -1.22. The van der Waals surface area contributed by atoms with E-state index in [1.165, 1.54) is 21.0 Å². The van der Waals surface area contributed by atoms with Crippen LogP contribution in [0.1, 0.15) is 136 Å². The van der Waals surface area contributed by atoms with Gasteiger partial charge in [0.1, 0.15) is 60.9 Å². The van der Waals surface area contributed by atoms with Crippen LogP contribution in [-0.2, 0) is 112 Å². The lowest BCUT2D eigenvalue weighted by Gasteiger charge is -2.42. The molecule has 0 spiro atoms. The van der Waals surface area contributed by atoms with Gasteiger partial charge in [-0.3, -0.25) is 51.1 Å². The monoisotopic (exact) mass is 1690 g/mol. The van der Waals surface area contributed by atoms with Crippen LogP contribution in [0.5, 0.6) is 0 Å². The Labute approximate surface area is 659 Å². The first kappa shape index (κ1) is 98.7. The lowest BCUT2D eigenvalue weighted by molar-refractivity contribution is -0.270. The fraction of sp³-hybridized carbons (Fsp3) is 0.928. The van der Waals surface area contributed by atoms with E-state index < -0.39 is 170 Å². The zero-order chi connectivity index (χ0) is 82.7. The van der Waals surface area contributed by atoms with Gasteiger partial charge in [0.05, 0.1) is 109 Å². The summed E-state index contributed by atoms with van der Waals surface area (Å²) in [5.74, 6) is -1.79. The number of amides is 5. The van der Waals surface area contributed by atoms with Crippen LogP contribution in [0.25, 0.3) is 0 Å². The molecule has 0 saturated carbocycles. The molecule has 6 aliphatic heterocycles. The molecule has 18 unspecified atom stereocenters. The number of carbonyl (C=O) groups is 5. The number of rotatable bonds is 53. The van der Waals surface area contributed by atoms with E-state index in [4.69, 9.17) is 74.5 Å². The Morgan fingerprint density at radius 1 is 0.416 bits per heavy atom. The number of unbranched alkanes of at least 4 members (excludes halogenated alkanes) is 3. The molecule has 18 atom stereocenters. The van der Waals surface area contributed by atoms with Crippen molar-refractivity contribution < 1.29 is 173 Å². The Balaban J connectivity index is 0.886. The van der Waals surface area contributed by atoms with E-state index in [1.54, 1.807) is 21.6 Å². The molecule has 41 nitrogen and oxygen atoms in total. The lowest BCUT2D eigenvalue weighted by atomic mass is 9.88. The molecule has 0 aliphatic carbocycles. The normalized spacial score (nSPS) is 29.3. The van der Waals surface area contributed by atoms with Gasteiger partial charge in [0.15, 0.2) is 12.6 Å². The average Bonchev–Trinajstić information content (AvgIpc) is 0.816. The van der Waals surface area contributed by atoms with E-state index in [9.17, 15) is 98.3 Å². The Hall–Kier alpha value is -3.08. The van der Waals surface area contributed by atoms with Crippen molar-refractivity contribution in [2.45, 2.75) is 240 Å². The summed E-state index contributed by atoms with van der Waals surface area (Å²) in [7, 11) is -12.2. The van der Waals surface area contributed by atoms with Gasteiger partial charge >= 0.3 is 23.5 Å². The van der Waals surface area contributed by atoms with Gasteiger partial charge < -0.3 is 133 Å². The standard InChI is InChI=1S/C69H126N5O36P3/c1-46-55(105-52(38-75)62(84)61(46)83)41-96-29-8-5-14-56(80)72-23-17-49(18-24-72)108-111(89,90)102-35-11-30-97-43-69(42-95-4,44-98-31-12-36-103-112(91,92)109-50-19-25-73(26-20-50)57(81)15-6-9-33-100-67-59(70-47(2)78)65(87)63(85)53(39-76)106-67)45-99-32-13-37-104-113(93,94)110-51-21-27-74(28-22-51)58(82)16-7-10-34-101-68-60(71-48(3)79)66(88)64(86)54(40-77)107-68/h46,49-55,59-68,75-77,83-88H,5-45H2,1-4H3,(H,70,78)(H,71,79)(H,89,90)(H,91,92)(H,93,94). The maximum Gasteiger partial charge on any atom is 0.472 e. The van der Waals surface area contributed by atoms with Gasteiger partial charge in [-0.1, -0.05) is 6.92 Å². The number of piperidine rings is 3. The third kappa shape index (κ3) is 34.5. The second-order valence-electron chi connectivity index (χ2n) is 29.4. The minimum absolute atomic E-state index is 0.0151. The smallest absolute Gasteiger partial charge is 0.394 e. The molecule has 6 aliphatic rings. The maximum absolute atomic E-state index is 13.1. The van der Waals surface area contributed by atoms with E-state index >= 15 is 0 Å². The van der Waals surface area contributed by atoms with Crippen LogP contribution in [-0.4, -0.2) is 368 Å². The molecule has 6 rings (SSSR count). The Morgan fingerprint density at radius 2 is 0.735 bits per heavy atom. The highest BCUT2D eigenvalue weighted by atomic mass is 31.2. The quantitative estimate of drug-likeness (QED) is 0.0251. The zero-order valence-electron chi connectivity index (χ0n) is 65.2. The van der Waals surface area contributed by atoms with Crippen molar-refractivity contribution in [1.82, 2.24) is 25.3 Å².